The minimum atomic E-state index is 0.572. The number of carbonyl (C=O) groups excluding carboxylic acids is 1. The quantitative estimate of drug-likeness (QED) is 0.666. The standard InChI is InChI=1S/C17H14O3/c1-11-3-5-13(6-4-11)15-9-14-7-12(10-18)8-16(19-2)17(14)20-15/h3-10H,1-2H3. The summed E-state index contributed by atoms with van der Waals surface area (Å²) in [6, 6.07) is 13.5. The van der Waals surface area contributed by atoms with Gasteiger partial charge in [0, 0.05) is 16.5 Å². The molecule has 0 saturated carbocycles. The molecular weight excluding hydrogens is 252 g/mol. The van der Waals surface area contributed by atoms with Gasteiger partial charge in [0.2, 0.25) is 0 Å². The predicted molar refractivity (Wildman–Crippen MR) is 78.3 cm³/mol. The van der Waals surface area contributed by atoms with Crippen molar-refractivity contribution in [1.82, 2.24) is 0 Å². The highest BCUT2D eigenvalue weighted by Crippen LogP contribution is 2.34. The zero-order valence-corrected chi connectivity index (χ0v) is 11.3. The van der Waals surface area contributed by atoms with Crippen LogP contribution in [0.15, 0.2) is 46.9 Å². The van der Waals surface area contributed by atoms with Crippen LogP contribution in [0.3, 0.4) is 0 Å². The minimum absolute atomic E-state index is 0.572. The van der Waals surface area contributed by atoms with Gasteiger partial charge in [0.1, 0.15) is 12.0 Å². The number of benzene rings is 2. The minimum Gasteiger partial charge on any atom is -0.493 e. The van der Waals surface area contributed by atoms with Crippen molar-refractivity contribution in [3.8, 4) is 17.1 Å². The smallest absolute Gasteiger partial charge is 0.176 e. The Hall–Kier alpha value is -2.55. The lowest BCUT2D eigenvalue weighted by Crippen LogP contribution is -1.86. The van der Waals surface area contributed by atoms with Crippen LogP contribution >= 0.6 is 0 Å². The van der Waals surface area contributed by atoms with Gasteiger partial charge in [0.25, 0.3) is 0 Å². The maximum Gasteiger partial charge on any atom is 0.176 e. The molecule has 0 saturated heterocycles. The number of ether oxygens (including phenoxy) is 1. The van der Waals surface area contributed by atoms with Crippen LogP contribution in [0.2, 0.25) is 0 Å². The van der Waals surface area contributed by atoms with Crippen LogP contribution in [0.5, 0.6) is 5.75 Å². The molecule has 0 aliphatic heterocycles. The second-order valence-electron chi connectivity index (χ2n) is 4.74. The molecular formula is C17H14O3. The van der Waals surface area contributed by atoms with Crippen LogP contribution in [0, 0.1) is 6.92 Å². The van der Waals surface area contributed by atoms with Crippen LogP contribution in [-0.2, 0) is 0 Å². The van der Waals surface area contributed by atoms with Gasteiger partial charge in [0.05, 0.1) is 7.11 Å². The molecule has 0 N–H and O–H groups in total. The maximum atomic E-state index is 10.9. The molecule has 0 radical (unpaired) electrons. The van der Waals surface area contributed by atoms with E-state index in [0.717, 1.165) is 23.0 Å². The zero-order chi connectivity index (χ0) is 14.1. The predicted octanol–water partition coefficient (Wildman–Crippen LogP) is 4.23. The number of fused-ring (bicyclic) bond motifs is 1. The van der Waals surface area contributed by atoms with Crippen LogP contribution in [-0.4, -0.2) is 13.4 Å². The van der Waals surface area contributed by atoms with Crippen molar-refractivity contribution in [2.45, 2.75) is 6.92 Å². The molecule has 20 heavy (non-hydrogen) atoms. The molecule has 0 aliphatic rings. The van der Waals surface area contributed by atoms with Crippen molar-refractivity contribution >= 4 is 17.3 Å². The van der Waals surface area contributed by atoms with E-state index < -0.39 is 0 Å². The molecule has 100 valence electrons. The van der Waals surface area contributed by atoms with Gasteiger partial charge >= 0.3 is 0 Å². The van der Waals surface area contributed by atoms with Gasteiger partial charge in [-0.25, -0.2) is 0 Å². The Bertz CT molecular complexity index is 767. The first-order chi connectivity index (χ1) is 9.71. The molecule has 0 unspecified atom stereocenters. The Kier molecular flexibility index (Phi) is 3.03. The van der Waals surface area contributed by atoms with E-state index in [9.17, 15) is 4.79 Å². The molecule has 3 aromatic rings. The molecule has 3 nitrogen and oxygen atoms in total. The average Bonchev–Trinajstić information content (AvgIpc) is 2.90. The monoisotopic (exact) mass is 266 g/mol. The van der Waals surface area contributed by atoms with Crippen molar-refractivity contribution in [3.05, 3.63) is 53.6 Å². The number of aryl methyl sites for hydroxylation is 1. The average molecular weight is 266 g/mol. The highest BCUT2D eigenvalue weighted by molar-refractivity contribution is 5.92. The summed E-state index contributed by atoms with van der Waals surface area (Å²) in [5.41, 5.74) is 3.44. The summed E-state index contributed by atoms with van der Waals surface area (Å²) in [5, 5.41) is 0.863. The van der Waals surface area contributed by atoms with Gasteiger partial charge in [-0.1, -0.05) is 29.8 Å². The van der Waals surface area contributed by atoms with Crippen molar-refractivity contribution in [3.63, 3.8) is 0 Å². The molecule has 2 aromatic carbocycles. The van der Waals surface area contributed by atoms with Gasteiger partial charge in [-0.2, -0.15) is 0 Å². The first kappa shape index (κ1) is 12.5. The van der Waals surface area contributed by atoms with Crippen LogP contribution in [0.25, 0.3) is 22.3 Å². The van der Waals surface area contributed by atoms with Gasteiger partial charge in [-0.05, 0) is 25.1 Å². The Morgan fingerprint density at radius 3 is 2.50 bits per heavy atom. The fourth-order valence-electron chi connectivity index (χ4n) is 2.22. The largest absolute Gasteiger partial charge is 0.493 e. The van der Waals surface area contributed by atoms with E-state index in [-0.39, 0.29) is 0 Å². The summed E-state index contributed by atoms with van der Waals surface area (Å²) in [6.45, 7) is 2.04. The number of hydrogen-bond donors (Lipinski definition) is 0. The van der Waals surface area contributed by atoms with E-state index in [1.54, 1.807) is 19.2 Å². The summed E-state index contributed by atoms with van der Waals surface area (Å²) in [6.07, 6.45) is 0.806. The number of carbonyl (C=O) groups is 1. The van der Waals surface area contributed by atoms with Gasteiger partial charge in [0.15, 0.2) is 11.3 Å². The van der Waals surface area contributed by atoms with E-state index in [2.05, 4.69) is 0 Å². The van der Waals surface area contributed by atoms with E-state index in [1.165, 1.54) is 5.56 Å². The lowest BCUT2D eigenvalue weighted by molar-refractivity contribution is 0.112. The summed E-state index contributed by atoms with van der Waals surface area (Å²) < 4.78 is 11.2. The third-order valence-corrected chi connectivity index (χ3v) is 3.30. The molecule has 0 amide bonds. The fourth-order valence-corrected chi connectivity index (χ4v) is 2.22. The molecule has 1 aromatic heterocycles. The Balaban J connectivity index is 2.19. The highest BCUT2D eigenvalue weighted by Gasteiger charge is 2.12. The summed E-state index contributed by atoms with van der Waals surface area (Å²) >= 11 is 0. The first-order valence-corrected chi connectivity index (χ1v) is 6.35. The maximum absolute atomic E-state index is 10.9. The second kappa shape index (κ2) is 4.85. The zero-order valence-electron chi connectivity index (χ0n) is 11.3. The topological polar surface area (TPSA) is 39.4 Å². The Labute approximate surface area is 116 Å². The van der Waals surface area contributed by atoms with Crippen molar-refractivity contribution in [2.24, 2.45) is 0 Å². The van der Waals surface area contributed by atoms with Gasteiger partial charge in [-0.3, -0.25) is 4.79 Å². The van der Waals surface area contributed by atoms with E-state index in [0.29, 0.717) is 16.9 Å². The Morgan fingerprint density at radius 1 is 1.10 bits per heavy atom. The second-order valence-corrected chi connectivity index (χ2v) is 4.74. The van der Waals surface area contributed by atoms with Gasteiger partial charge in [-0.15, -0.1) is 0 Å². The van der Waals surface area contributed by atoms with Crippen LogP contribution in [0.1, 0.15) is 15.9 Å². The van der Waals surface area contributed by atoms with Crippen molar-refractivity contribution in [1.29, 1.82) is 0 Å². The number of methoxy groups -OCH3 is 1. The molecule has 1 heterocycles. The molecule has 0 atom stereocenters. The molecule has 0 fully saturated rings. The summed E-state index contributed by atoms with van der Waals surface area (Å²) in [7, 11) is 1.57. The third-order valence-electron chi connectivity index (χ3n) is 3.30. The summed E-state index contributed by atoms with van der Waals surface area (Å²) in [5.74, 6) is 1.34. The molecule has 0 spiro atoms. The SMILES string of the molecule is COc1cc(C=O)cc2cc(-c3ccc(C)cc3)oc12. The van der Waals surface area contributed by atoms with Crippen LogP contribution < -0.4 is 4.74 Å². The fraction of sp³-hybridized carbons (Fsp3) is 0.118. The van der Waals surface area contributed by atoms with E-state index >= 15 is 0 Å². The lowest BCUT2D eigenvalue weighted by atomic mass is 10.1. The molecule has 0 bridgehead atoms. The van der Waals surface area contributed by atoms with E-state index in [1.807, 2.05) is 37.3 Å². The number of hydrogen-bond acceptors (Lipinski definition) is 3. The summed E-state index contributed by atoms with van der Waals surface area (Å²) in [4.78, 5) is 10.9. The number of furan rings is 1. The highest BCUT2D eigenvalue weighted by atomic mass is 16.5. The number of rotatable bonds is 3. The van der Waals surface area contributed by atoms with E-state index in [4.69, 9.17) is 9.15 Å². The van der Waals surface area contributed by atoms with Gasteiger partial charge < -0.3 is 9.15 Å². The molecule has 3 heteroatoms. The lowest BCUT2D eigenvalue weighted by Gasteiger charge is -2.01. The third kappa shape index (κ3) is 2.07. The normalized spacial score (nSPS) is 10.7. The van der Waals surface area contributed by atoms with Crippen molar-refractivity contribution < 1.29 is 13.9 Å². The Morgan fingerprint density at radius 2 is 1.85 bits per heavy atom. The first-order valence-electron chi connectivity index (χ1n) is 6.35. The van der Waals surface area contributed by atoms with Crippen LogP contribution in [0.4, 0.5) is 0 Å². The molecule has 3 rings (SSSR count). The van der Waals surface area contributed by atoms with Crippen molar-refractivity contribution in [2.75, 3.05) is 7.11 Å². The number of aldehydes is 1. The molecule has 0 aliphatic carbocycles.